The molecule has 0 radical (unpaired) electrons. The Morgan fingerprint density at radius 1 is 1.47 bits per heavy atom. The predicted octanol–water partition coefficient (Wildman–Crippen LogP) is 3.61. The second-order valence-corrected chi connectivity index (χ2v) is 5.23. The molecular formula is C10H8BrClN2S. The fourth-order valence-electron chi connectivity index (χ4n) is 1.27. The lowest BCUT2D eigenvalue weighted by molar-refractivity contribution is 0.852. The van der Waals surface area contributed by atoms with Gasteiger partial charge in [-0.2, -0.15) is 0 Å². The zero-order chi connectivity index (χ0) is 10.8. The lowest BCUT2D eigenvalue weighted by atomic mass is 10.1. The van der Waals surface area contributed by atoms with Crippen molar-refractivity contribution in [2.75, 3.05) is 0 Å². The van der Waals surface area contributed by atoms with E-state index < -0.39 is 0 Å². The third-order valence-corrected chi connectivity index (χ3v) is 3.80. The van der Waals surface area contributed by atoms with Gasteiger partial charge in [-0.1, -0.05) is 33.6 Å². The van der Waals surface area contributed by atoms with Gasteiger partial charge < -0.3 is 5.73 Å². The van der Waals surface area contributed by atoms with Gasteiger partial charge in [-0.3, -0.25) is 0 Å². The van der Waals surface area contributed by atoms with Crippen LogP contribution in [0.15, 0.2) is 34.2 Å². The van der Waals surface area contributed by atoms with Crippen molar-refractivity contribution >= 4 is 38.9 Å². The number of benzene rings is 1. The summed E-state index contributed by atoms with van der Waals surface area (Å²) in [6.45, 7) is 0. The summed E-state index contributed by atoms with van der Waals surface area (Å²) in [5.41, 5.74) is 7.08. The molecule has 0 saturated carbocycles. The highest BCUT2D eigenvalue weighted by atomic mass is 79.9. The molecule has 1 heterocycles. The molecular weight excluding hydrogens is 296 g/mol. The second-order valence-electron chi connectivity index (χ2n) is 3.01. The van der Waals surface area contributed by atoms with E-state index in [4.69, 9.17) is 17.3 Å². The molecule has 0 aliphatic rings. The highest BCUT2D eigenvalue weighted by Crippen LogP contribution is 2.29. The van der Waals surface area contributed by atoms with E-state index in [-0.39, 0.29) is 6.04 Å². The first kappa shape index (κ1) is 11.1. The molecule has 0 bridgehead atoms. The monoisotopic (exact) mass is 302 g/mol. The average Bonchev–Trinajstić information content (AvgIpc) is 2.69. The molecule has 2 aromatic rings. The summed E-state index contributed by atoms with van der Waals surface area (Å²) in [6, 6.07) is 5.38. The largest absolute Gasteiger partial charge is 0.318 e. The predicted molar refractivity (Wildman–Crippen MR) is 67.3 cm³/mol. The van der Waals surface area contributed by atoms with Crippen LogP contribution in [0.4, 0.5) is 0 Å². The molecule has 0 aliphatic heterocycles. The smallest absolute Gasteiger partial charge is 0.114 e. The van der Waals surface area contributed by atoms with Crippen LogP contribution >= 0.6 is 38.9 Å². The first-order valence-electron chi connectivity index (χ1n) is 4.28. The standard InChI is InChI=1S/C10H8BrClN2S/c11-8-5-6(12)1-2-7(8)9(13)10-14-3-4-15-10/h1-5,9H,13H2. The molecule has 0 saturated heterocycles. The molecule has 1 atom stereocenters. The van der Waals surface area contributed by atoms with Gasteiger partial charge in [-0.25, -0.2) is 4.98 Å². The normalized spacial score (nSPS) is 12.7. The minimum absolute atomic E-state index is 0.198. The molecule has 2 nitrogen and oxygen atoms in total. The minimum Gasteiger partial charge on any atom is -0.318 e. The Bertz CT molecular complexity index is 458. The summed E-state index contributed by atoms with van der Waals surface area (Å²) in [5, 5.41) is 3.51. The molecule has 5 heteroatoms. The topological polar surface area (TPSA) is 38.9 Å². The Labute approximate surface area is 105 Å². The van der Waals surface area contributed by atoms with Crippen LogP contribution in [-0.4, -0.2) is 4.98 Å². The summed E-state index contributed by atoms with van der Waals surface area (Å²) in [7, 11) is 0. The number of hydrogen-bond acceptors (Lipinski definition) is 3. The lowest BCUT2D eigenvalue weighted by Crippen LogP contribution is -2.11. The average molecular weight is 304 g/mol. The maximum Gasteiger partial charge on any atom is 0.114 e. The highest BCUT2D eigenvalue weighted by molar-refractivity contribution is 9.10. The van der Waals surface area contributed by atoms with Gasteiger partial charge in [0.15, 0.2) is 0 Å². The van der Waals surface area contributed by atoms with E-state index in [0.29, 0.717) is 5.02 Å². The molecule has 2 rings (SSSR count). The number of aromatic nitrogens is 1. The number of rotatable bonds is 2. The van der Waals surface area contributed by atoms with Crippen LogP contribution in [0.5, 0.6) is 0 Å². The molecule has 15 heavy (non-hydrogen) atoms. The van der Waals surface area contributed by atoms with Gasteiger partial charge in [0.2, 0.25) is 0 Å². The Morgan fingerprint density at radius 3 is 2.87 bits per heavy atom. The third-order valence-electron chi connectivity index (χ3n) is 2.02. The van der Waals surface area contributed by atoms with Crippen LogP contribution in [0.25, 0.3) is 0 Å². The van der Waals surface area contributed by atoms with E-state index in [1.54, 1.807) is 17.5 Å². The van der Waals surface area contributed by atoms with Gasteiger partial charge >= 0.3 is 0 Å². The summed E-state index contributed by atoms with van der Waals surface area (Å²) in [6.07, 6.45) is 1.75. The first-order valence-corrected chi connectivity index (χ1v) is 6.33. The van der Waals surface area contributed by atoms with Gasteiger partial charge in [-0.05, 0) is 17.7 Å². The molecule has 2 N–H and O–H groups in total. The van der Waals surface area contributed by atoms with Crippen molar-refractivity contribution < 1.29 is 0 Å². The molecule has 1 aromatic carbocycles. The molecule has 1 aromatic heterocycles. The Hall–Kier alpha value is -0.420. The van der Waals surface area contributed by atoms with Crippen LogP contribution in [0.3, 0.4) is 0 Å². The molecule has 0 fully saturated rings. The number of halogens is 2. The van der Waals surface area contributed by atoms with Crippen LogP contribution in [0.2, 0.25) is 5.02 Å². The quantitative estimate of drug-likeness (QED) is 0.920. The summed E-state index contributed by atoms with van der Waals surface area (Å²) in [4.78, 5) is 4.20. The summed E-state index contributed by atoms with van der Waals surface area (Å²) >= 11 is 10.9. The van der Waals surface area contributed by atoms with Crippen LogP contribution in [-0.2, 0) is 0 Å². The van der Waals surface area contributed by atoms with Gasteiger partial charge in [0.1, 0.15) is 5.01 Å². The Balaban J connectivity index is 2.38. The minimum atomic E-state index is -0.198. The first-order chi connectivity index (χ1) is 7.18. The van der Waals surface area contributed by atoms with Crippen molar-refractivity contribution in [3.05, 3.63) is 49.8 Å². The maximum atomic E-state index is 6.09. The van der Waals surface area contributed by atoms with Crippen LogP contribution < -0.4 is 5.73 Å². The third kappa shape index (κ3) is 2.39. The van der Waals surface area contributed by atoms with Crippen molar-refractivity contribution in [2.45, 2.75) is 6.04 Å². The fraction of sp³-hybridized carbons (Fsp3) is 0.100. The van der Waals surface area contributed by atoms with E-state index >= 15 is 0 Å². The number of hydrogen-bond donors (Lipinski definition) is 1. The summed E-state index contributed by atoms with van der Waals surface area (Å²) in [5.74, 6) is 0. The fourth-order valence-corrected chi connectivity index (χ4v) is 2.86. The Kier molecular flexibility index (Phi) is 3.41. The van der Waals surface area contributed by atoms with E-state index in [0.717, 1.165) is 15.0 Å². The molecule has 0 amide bonds. The second kappa shape index (κ2) is 4.61. The molecule has 78 valence electrons. The molecule has 0 spiro atoms. The van der Waals surface area contributed by atoms with Crippen molar-refractivity contribution in [3.8, 4) is 0 Å². The summed E-state index contributed by atoms with van der Waals surface area (Å²) < 4.78 is 0.915. The molecule has 1 unspecified atom stereocenters. The Morgan fingerprint density at radius 2 is 2.27 bits per heavy atom. The van der Waals surface area contributed by atoms with E-state index in [1.807, 2.05) is 23.6 Å². The van der Waals surface area contributed by atoms with Gasteiger partial charge in [-0.15, -0.1) is 11.3 Å². The number of nitrogens with two attached hydrogens (primary N) is 1. The van der Waals surface area contributed by atoms with E-state index in [9.17, 15) is 0 Å². The van der Waals surface area contributed by atoms with Crippen molar-refractivity contribution in [2.24, 2.45) is 5.73 Å². The van der Waals surface area contributed by atoms with Crippen LogP contribution in [0.1, 0.15) is 16.6 Å². The SMILES string of the molecule is NC(c1nccs1)c1ccc(Cl)cc1Br. The zero-order valence-electron chi connectivity index (χ0n) is 7.65. The van der Waals surface area contributed by atoms with Crippen molar-refractivity contribution in [1.29, 1.82) is 0 Å². The number of thiazole rings is 1. The molecule has 0 aliphatic carbocycles. The zero-order valence-corrected chi connectivity index (χ0v) is 10.8. The van der Waals surface area contributed by atoms with Gasteiger partial charge in [0.05, 0.1) is 6.04 Å². The van der Waals surface area contributed by atoms with Crippen molar-refractivity contribution in [1.82, 2.24) is 4.98 Å². The number of nitrogens with zero attached hydrogens (tertiary/aromatic N) is 1. The van der Waals surface area contributed by atoms with Crippen molar-refractivity contribution in [3.63, 3.8) is 0 Å². The van der Waals surface area contributed by atoms with E-state index in [1.165, 1.54) is 0 Å². The van der Waals surface area contributed by atoms with Gasteiger partial charge in [0, 0.05) is 21.1 Å². The van der Waals surface area contributed by atoms with E-state index in [2.05, 4.69) is 20.9 Å². The van der Waals surface area contributed by atoms with Gasteiger partial charge in [0.25, 0.3) is 0 Å². The van der Waals surface area contributed by atoms with Crippen LogP contribution in [0, 0.1) is 0 Å². The highest BCUT2D eigenvalue weighted by Gasteiger charge is 2.14. The maximum absolute atomic E-state index is 6.09. The lowest BCUT2D eigenvalue weighted by Gasteiger charge is -2.11.